The number of aliphatic carboxylic acids is 1. The van der Waals surface area contributed by atoms with E-state index in [0.29, 0.717) is 19.6 Å². The molecule has 0 aromatic carbocycles. The van der Waals surface area contributed by atoms with E-state index in [2.05, 4.69) is 25.8 Å². The van der Waals surface area contributed by atoms with Crippen LogP contribution in [0, 0.1) is 18.3 Å². The van der Waals surface area contributed by atoms with Gasteiger partial charge in [-0.25, -0.2) is 9.59 Å². The summed E-state index contributed by atoms with van der Waals surface area (Å²) in [5, 5.41) is 9.83. The minimum atomic E-state index is -0.909. The number of nitrogens with zero attached hydrogens (tertiary/aromatic N) is 3. The molecule has 1 fully saturated rings. The number of carboxylic acid groups (broad SMARTS) is 1. The Morgan fingerprint density at radius 1 is 1.31 bits per heavy atom. The number of carboxylic acids is 1. The van der Waals surface area contributed by atoms with Gasteiger partial charge in [-0.3, -0.25) is 4.98 Å². The van der Waals surface area contributed by atoms with Gasteiger partial charge >= 0.3 is 12.0 Å². The molecular formula is C20H31N3O3. The zero-order chi connectivity index (χ0) is 19.5. The van der Waals surface area contributed by atoms with E-state index in [4.69, 9.17) is 0 Å². The van der Waals surface area contributed by atoms with Crippen LogP contribution in [0.4, 0.5) is 4.79 Å². The van der Waals surface area contributed by atoms with Gasteiger partial charge in [-0.15, -0.1) is 0 Å². The highest BCUT2D eigenvalue weighted by molar-refractivity contribution is 5.84. The maximum atomic E-state index is 12.9. The van der Waals surface area contributed by atoms with Crippen molar-refractivity contribution >= 4 is 12.0 Å². The fourth-order valence-corrected chi connectivity index (χ4v) is 3.67. The fourth-order valence-electron chi connectivity index (χ4n) is 3.67. The third-order valence-corrected chi connectivity index (χ3v) is 4.91. The summed E-state index contributed by atoms with van der Waals surface area (Å²) >= 11 is 0. The second-order valence-electron chi connectivity index (χ2n) is 8.42. The molecule has 0 spiro atoms. The Morgan fingerprint density at radius 2 is 2.00 bits per heavy atom. The van der Waals surface area contributed by atoms with Crippen molar-refractivity contribution in [3.8, 4) is 0 Å². The first-order valence-corrected chi connectivity index (χ1v) is 9.32. The molecule has 1 N–H and O–H groups in total. The summed E-state index contributed by atoms with van der Waals surface area (Å²) in [6.45, 7) is 11.7. The molecule has 0 unspecified atom stereocenters. The van der Waals surface area contributed by atoms with Crippen LogP contribution in [0.25, 0.3) is 0 Å². The van der Waals surface area contributed by atoms with E-state index < -0.39 is 12.0 Å². The lowest BCUT2D eigenvalue weighted by molar-refractivity contribution is -0.144. The Bertz CT molecular complexity index is 637. The van der Waals surface area contributed by atoms with Crippen LogP contribution in [0.3, 0.4) is 0 Å². The predicted molar refractivity (Wildman–Crippen MR) is 101 cm³/mol. The number of carbonyl (C=O) groups is 2. The van der Waals surface area contributed by atoms with Crippen LogP contribution in [0.1, 0.15) is 51.8 Å². The zero-order valence-corrected chi connectivity index (χ0v) is 16.5. The smallest absolute Gasteiger partial charge is 0.326 e. The predicted octanol–water partition coefficient (Wildman–Crippen LogP) is 3.54. The van der Waals surface area contributed by atoms with Gasteiger partial charge in [0.25, 0.3) is 0 Å². The molecule has 2 atom stereocenters. The van der Waals surface area contributed by atoms with E-state index in [-0.39, 0.29) is 17.4 Å². The molecule has 1 saturated heterocycles. The normalized spacial score (nSPS) is 17.5. The molecule has 0 saturated carbocycles. The molecule has 26 heavy (non-hydrogen) atoms. The zero-order valence-electron chi connectivity index (χ0n) is 16.5. The summed E-state index contributed by atoms with van der Waals surface area (Å²) in [5.41, 5.74) is 1.91. The Kier molecular flexibility index (Phi) is 6.26. The molecule has 2 rings (SSSR count). The monoisotopic (exact) mass is 361 g/mol. The average Bonchev–Trinajstić information content (AvgIpc) is 2.88. The first-order valence-electron chi connectivity index (χ1n) is 9.32. The van der Waals surface area contributed by atoms with Gasteiger partial charge in [0.15, 0.2) is 0 Å². The lowest BCUT2D eigenvalue weighted by Gasteiger charge is -2.34. The van der Waals surface area contributed by atoms with Crippen molar-refractivity contribution in [2.45, 2.75) is 60.0 Å². The average molecular weight is 361 g/mol. The Labute approximate surface area is 156 Å². The van der Waals surface area contributed by atoms with Gasteiger partial charge in [-0.05, 0) is 36.3 Å². The van der Waals surface area contributed by atoms with Crippen LogP contribution >= 0.6 is 0 Å². The summed E-state index contributed by atoms with van der Waals surface area (Å²) < 4.78 is 0. The van der Waals surface area contributed by atoms with Crippen molar-refractivity contribution < 1.29 is 14.7 Å². The van der Waals surface area contributed by atoms with Gasteiger partial charge in [-0.1, -0.05) is 40.2 Å². The summed E-state index contributed by atoms with van der Waals surface area (Å²) in [6.07, 6.45) is 3.28. The molecule has 1 aromatic heterocycles. The maximum absolute atomic E-state index is 12.9. The fraction of sp³-hybridized carbons (Fsp3) is 0.650. The van der Waals surface area contributed by atoms with Crippen LogP contribution in [0.15, 0.2) is 18.3 Å². The summed E-state index contributed by atoms with van der Waals surface area (Å²) in [5.74, 6) is -0.967. The van der Waals surface area contributed by atoms with Crippen molar-refractivity contribution in [2.75, 3.05) is 13.1 Å². The Hall–Kier alpha value is -2.11. The summed E-state index contributed by atoms with van der Waals surface area (Å²) in [6, 6.07) is 2.92. The molecule has 144 valence electrons. The number of aromatic nitrogens is 1. The second kappa shape index (κ2) is 8.06. The van der Waals surface area contributed by atoms with E-state index in [1.54, 1.807) is 16.0 Å². The summed E-state index contributed by atoms with van der Waals surface area (Å²) in [4.78, 5) is 32.4. The quantitative estimate of drug-likeness (QED) is 0.806. The molecule has 0 radical (unpaired) electrons. The third-order valence-electron chi connectivity index (χ3n) is 4.91. The highest BCUT2D eigenvalue weighted by atomic mass is 16.4. The standard InChI is InChI=1S/C20H31N3O3/c1-6-16(11-20(3,4)5)17(18(24)25)23-10-9-22(19(23)26)13-15-8-7-14(2)21-12-15/h7-8,12,16-17H,6,9-11,13H2,1-5H3,(H,24,25)/t16-,17-/m0/s1. The summed E-state index contributed by atoms with van der Waals surface area (Å²) in [7, 11) is 0. The molecule has 1 aromatic rings. The number of carbonyl (C=O) groups excluding carboxylic acids is 1. The van der Waals surface area contributed by atoms with E-state index >= 15 is 0 Å². The van der Waals surface area contributed by atoms with Gasteiger partial charge in [0, 0.05) is 31.5 Å². The molecular weight excluding hydrogens is 330 g/mol. The highest BCUT2D eigenvalue weighted by Gasteiger charge is 2.41. The number of hydrogen-bond acceptors (Lipinski definition) is 3. The van der Waals surface area contributed by atoms with Gasteiger partial charge < -0.3 is 14.9 Å². The van der Waals surface area contributed by atoms with E-state index in [9.17, 15) is 14.7 Å². The third kappa shape index (κ3) is 4.96. The Morgan fingerprint density at radius 3 is 2.50 bits per heavy atom. The lowest BCUT2D eigenvalue weighted by atomic mass is 9.79. The van der Waals surface area contributed by atoms with Crippen LogP contribution in [-0.4, -0.2) is 51.0 Å². The van der Waals surface area contributed by atoms with E-state index in [1.165, 1.54) is 0 Å². The first-order chi connectivity index (χ1) is 12.1. The van der Waals surface area contributed by atoms with Crippen molar-refractivity contribution in [1.82, 2.24) is 14.8 Å². The minimum Gasteiger partial charge on any atom is -0.480 e. The maximum Gasteiger partial charge on any atom is 0.326 e. The number of aryl methyl sites for hydroxylation is 1. The number of amides is 2. The molecule has 6 heteroatoms. The van der Waals surface area contributed by atoms with Crippen LogP contribution in [0.5, 0.6) is 0 Å². The molecule has 1 aliphatic heterocycles. The van der Waals surface area contributed by atoms with Crippen molar-refractivity contribution in [1.29, 1.82) is 0 Å². The van der Waals surface area contributed by atoms with Crippen LogP contribution < -0.4 is 0 Å². The number of rotatable bonds is 7. The number of pyridine rings is 1. The van der Waals surface area contributed by atoms with Crippen LogP contribution in [-0.2, 0) is 11.3 Å². The minimum absolute atomic E-state index is 0.0183. The van der Waals surface area contributed by atoms with Gasteiger partial charge in [0.2, 0.25) is 0 Å². The molecule has 1 aliphatic rings. The van der Waals surface area contributed by atoms with Crippen molar-refractivity contribution in [2.24, 2.45) is 11.3 Å². The number of hydrogen-bond donors (Lipinski definition) is 1. The topological polar surface area (TPSA) is 73.7 Å². The second-order valence-corrected chi connectivity index (χ2v) is 8.42. The molecule has 2 heterocycles. The Balaban J connectivity index is 2.13. The molecule has 0 bridgehead atoms. The molecule has 2 amide bonds. The van der Waals surface area contributed by atoms with E-state index in [0.717, 1.165) is 24.1 Å². The highest BCUT2D eigenvalue weighted by Crippen LogP contribution is 2.32. The van der Waals surface area contributed by atoms with Crippen molar-refractivity contribution in [3.05, 3.63) is 29.6 Å². The van der Waals surface area contributed by atoms with Gasteiger partial charge in [0.05, 0.1) is 0 Å². The van der Waals surface area contributed by atoms with Crippen molar-refractivity contribution in [3.63, 3.8) is 0 Å². The number of urea groups is 1. The van der Waals surface area contributed by atoms with E-state index in [1.807, 2.05) is 26.0 Å². The van der Waals surface area contributed by atoms with Gasteiger partial charge in [0.1, 0.15) is 6.04 Å². The largest absolute Gasteiger partial charge is 0.480 e. The molecule has 6 nitrogen and oxygen atoms in total. The van der Waals surface area contributed by atoms with Crippen LogP contribution in [0.2, 0.25) is 0 Å². The first kappa shape index (κ1) is 20.2. The van der Waals surface area contributed by atoms with Gasteiger partial charge in [-0.2, -0.15) is 0 Å². The SMILES string of the molecule is CC[C@@H](CC(C)(C)C)[C@@H](C(=O)O)N1CCN(Cc2ccc(C)nc2)C1=O. The molecule has 0 aliphatic carbocycles. The lowest BCUT2D eigenvalue weighted by Crippen LogP contribution is -2.48.